The molecule has 29 heavy (non-hydrogen) atoms. The lowest BCUT2D eigenvalue weighted by molar-refractivity contribution is -0.0173. The van der Waals surface area contributed by atoms with Gasteiger partial charge >= 0.3 is 6.03 Å². The third-order valence-corrected chi connectivity index (χ3v) is 4.57. The summed E-state index contributed by atoms with van der Waals surface area (Å²) in [5.74, 6) is 0.191. The largest absolute Gasteiger partial charge is 0.467 e. The Morgan fingerprint density at radius 3 is 2.72 bits per heavy atom. The van der Waals surface area contributed by atoms with Gasteiger partial charge in [-0.2, -0.15) is 5.10 Å². The first-order chi connectivity index (χ1) is 14.2. The van der Waals surface area contributed by atoms with Crippen molar-refractivity contribution < 1.29 is 18.7 Å². The van der Waals surface area contributed by atoms with Crippen LogP contribution in [-0.2, 0) is 31.0 Å². The number of hydrogen-bond acceptors (Lipinski definition) is 4. The molecule has 0 unspecified atom stereocenters. The van der Waals surface area contributed by atoms with Crippen LogP contribution in [0.3, 0.4) is 0 Å². The van der Waals surface area contributed by atoms with E-state index in [1.54, 1.807) is 6.20 Å². The molecule has 2 amide bonds. The lowest BCUT2D eigenvalue weighted by atomic mass is 10.1. The average Bonchev–Trinajstić information content (AvgIpc) is 3.24. The summed E-state index contributed by atoms with van der Waals surface area (Å²) in [7, 11) is 0. The summed E-state index contributed by atoms with van der Waals surface area (Å²) < 4.78 is 26.2. The second-order valence-electron chi connectivity index (χ2n) is 6.72. The SMILES string of the molecule is O=C(NCc1ccc(Cn2cccn2)cc1)NCc1cc(F)cc2c1OCOC2. The predicted molar refractivity (Wildman–Crippen MR) is 104 cm³/mol. The normalized spacial score (nSPS) is 12.7. The molecule has 1 aliphatic heterocycles. The van der Waals surface area contributed by atoms with E-state index in [1.807, 2.05) is 41.2 Å². The Bertz CT molecular complexity index is 974. The molecule has 8 heteroatoms. The number of rotatable bonds is 6. The average molecular weight is 396 g/mol. The van der Waals surface area contributed by atoms with Gasteiger partial charge in [-0.3, -0.25) is 4.68 Å². The van der Waals surface area contributed by atoms with E-state index in [-0.39, 0.29) is 25.2 Å². The van der Waals surface area contributed by atoms with Crippen LogP contribution in [0.2, 0.25) is 0 Å². The molecule has 3 aromatic rings. The van der Waals surface area contributed by atoms with E-state index in [9.17, 15) is 9.18 Å². The Morgan fingerprint density at radius 1 is 1.14 bits per heavy atom. The second kappa shape index (κ2) is 8.74. The first-order valence-corrected chi connectivity index (χ1v) is 9.26. The molecular formula is C21H21FN4O3. The highest BCUT2D eigenvalue weighted by Gasteiger charge is 2.17. The summed E-state index contributed by atoms with van der Waals surface area (Å²) in [6.45, 7) is 1.66. The maximum atomic E-state index is 13.8. The van der Waals surface area contributed by atoms with Gasteiger partial charge < -0.3 is 20.1 Å². The van der Waals surface area contributed by atoms with Crippen molar-refractivity contribution in [1.82, 2.24) is 20.4 Å². The third kappa shape index (κ3) is 4.91. The van der Waals surface area contributed by atoms with E-state index in [1.165, 1.54) is 12.1 Å². The summed E-state index contributed by atoms with van der Waals surface area (Å²) >= 11 is 0. The van der Waals surface area contributed by atoms with Crippen LogP contribution < -0.4 is 15.4 Å². The molecule has 0 radical (unpaired) electrons. The van der Waals surface area contributed by atoms with Crippen LogP contribution in [-0.4, -0.2) is 22.6 Å². The number of halogens is 1. The molecule has 0 saturated heterocycles. The van der Waals surface area contributed by atoms with Gasteiger partial charge in [0.05, 0.1) is 13.2 Å². The molecule has 4 rings (SSSR count). The number of nitrogens with one attached hydrogen (secondary N) is 2. The van der Waals surface area contributed by atoms with Crippen LogP contribution >= 0.6 is 0 Å². The molecule has 0 fully saturated rings. The molecule has 150 valence electrons. The highest BCUT2D eigenvalue weighted by Crippen LogP contribution is 2.29. The highest BCUT2D eigenvalue weighted by molar-refractivity contribution is 5.74. The number of hydrogen-bond donors (Lipinski definition) is 2. The number of carbonyl (C=O) groups excluding carboxylic acids is 1. The fourth-order valence-corrected chi connectivity index (χ4v) is 3.15. The molecule has 2 N–H and O–H groups in total. The molecule has 0 bridgehead atoms. The van der Waals surface area contributed by atoms with Crippen molar-refractivity contribution in [3.05, 3.63) is 82.9 Å². The van der Waals surface area contributed by atoms with Crippen LogP contribution in [0.5, 0.6) is 5.75 Å². The predicted octanol–water partition coefficient (Wildman–Crippen LogP) is 2.94. The van der Waals surface area contributed by atoms with Gasteiger partial charge in [-0.1, -0.05) is 24.3 Å². The van der Waals surface area contributed by atoms with E-state index < -0.39 is 0 Å². The molecule has 2 heterocycles. The minimum Gasteiger partial charge on any atom is -0.467 e. The fourth-order valence-electron chi connectivity index (χ4n) is 3.15. The number of carbonyl (C=O) groups is 1. The maximum Gasteiger partial charge on any atom is 0.315 e. The molecule has 0 atom stereocenters. The van der Waals surface area contributed by atoms with E-state index in [0.29, 0.717) is 36.6 Å². The number of urea groups is 1. The Labute approximate surface area is 167 Å². The molecule has 1 aromatic heterocycles. The van der Waals surface area contributed by atoms with Crippen molar-refractivity contribution in [2.75, 3.05) is 6.79 Å². The van der Waals surface area contributed by atoms with E-state index >= 15 is 0 Å². The van der Waals surface area contributed by atoms with Crippen LogP contribution in [0.4, 0.5) is 9.18 Å². The monoisotopic (exact) mass is 396 g/mol. The standard InChI is InChI=1S/C21H21FN4O3/c22-19-8-17(20-18(9-19)13-28-14-29-20)11-24-21(27)23-10-15-2-4-16(5-3-15)12-26-7-1-6-25-26/h1-9H,10-14H2,(H2,23,24,27). The third-order valence-electron chi connectivity index (χ3n) is 4.57. The Kier molecular flexibility index (Phi) is 5.71. The number of ether oxygens (including phenoxy) is 2. The number of nitrogens with zero attached hydrogens (tertiary/aromatic N) is 2. The zero-order chi connectivity index (χ0) is 20.1. The number of benzene rings is 2. The summed E-state index contributed by atoms with van der Waals surface area (Å²) in [4.78, 5) is 12.1. The van der Waals surface area contributed by atoms with E-state index in [2.05, 4.69) is 15.7 Å². The van der Waals surface area contributed by atoms with Crippen molar-refractivity contribution in [1.29, 1.82) is 0 Å². The molecule has 0 aliphatic carbocycles. The smallest absolute Gasteiger partial charge is 0.315 e. The number of aromatic nitrogens is 2. The van der Waals surface area contributed by atoms with E-state index in [0.717, 1.165) is 11.1 Å². The summed E-state index contributed by atoms with van der Waals surface area (Å²) in [6, 6.07) is 12.2. The summed E-state index contributed by atoms with van der Waals surface area (Å²) in [5.41, 5.74) is 3.33. The van der Waals surface area contributed by atoms with Crippen molar-refractivity contribution in [3.8, 4) is 5.75 Å². The lowest BCUT2D eigenvalue weighted by Gasteiger charge is -2.21. The molecule has 0 saturated carbocycles. The van der Waals surface area contributed by atoms with Crippen LogP contribution in [0.15, 0.2) is 54.9 Å². The summed E-state index contributed by atoms with van der Waals surface area (Å²) in [6.07, 6.45) is 3.66. The van der Waals surface area contributed by atoms with Crippen molar-refractivity contribution in [2.45, 2.75) is 26.2 Å². The quantitative estimate of drug-likeness (QED) is 0.672. The van der Waals surface area contributed by atoms with Crippen LogP contribution in [0.25, 0.3) is 0 Å². The van der Waals surface area contributed by atoms with Gasteiger partial charge in [0.1, 0.15) is 11.6 Å². The molecule has 2 aromatic carbocycles. The first-order valence-electron chi connectivity index (χ1n) is 9.26. The lowest BCUT2D eigenvalue weighted by Crippen LogP contribution is -2.34. The second-order valence-corrected chi connectivity index (χ2v) is 6.72. The fraction of sp³-hybridized carbons (Fsp3) is 0.238. The van der Waals surface area contributed by atoms with Gasteiger partial charge in [-0.05, 0) is 29.3 Å². The van der Waals surface area contributed by atoms with Crippen LogP contribution in [0.1, 0.15) is 22.3 Å². The molecule has 1 aliphatic rings. The van der Waals surface area contributed by atoms with Gasteiger partial charge in [0.15, 0.2) is 6.79 Å². The zero-order valence-electron chi connectivity index (χ0n) is 15.7. The van der Waals surface area contributed by atoms with Crippen molar-refractivity contribution >= 4 is 6.03 Å². The van der Waals surface area contributed by atoms with Gasteiger partial charge in [0, 0.05) is 36.6 Å². The topological polar surface area (TPSA) is 77.4 Å². The molecule has 7 nitrogen and oxygen atoms in total. The molecular weight excluding hydrogens is 375 g/mol. The minimum absolute atomic E-state index is 0.119. The van der Waals surface area contributed by atoms with Gasteiger partial charge in [-0.25, -0.2) is 9.18 Å². The number of fused-ring (bicyclic) bond motifs is 1. The summed E-state index contributed by atoms with van der Waals surface area (Å²) in [5, 5.41) is 9.72. The van der Waals surface area contributed by atoms with Crippen LogP contribution in [0, 0.1) is 5.82 Å². The first kappa shape index (κ1) is 18.9. The van der Waals surface area contributed by atoms with Gasteiger partial charge in [0.25, 0.3) is 0 Å². The Balaban J connectivity index is 1.28. The molecule has 0 spiro atoms. The Morgan fingerprint density at radius 2 is 1.93 bits per heavy atom. The van der Waals surface area contributed by atoms with Gasteiger partial charge in [-0.15, -0.1) is 0 Å². The van der Waals surface area contributed by atoms with E-state index in [4.69, 9.17) is 9.47 Å². The van der Waals surface area contributed by atoms with Crippen molar-refractivity contribution in [3.63, 3.8) is 0 Å². The highest BCUT2D eigenvalue weighted by atomic mass is 19.1. The minimum atomic E-state index is -0.384. The van der Waals surface area contributed by atoms with Gasteiger partial charge in [0.2, 0.25) is 0 Å². The van der Waals surface area contributed by atoms with Crippen molar-refractivity contribution in [2.24, 2.45) is 0 Å². The Hall–Kier alpha value is -3.39. The maximum absolute atomic E-state index is 13.8. The zero-order valence-corrected chi connectivity index (χ0v) is 15.7. The number of amides is 2.